The molecule has 0 saturated heterocycles. The van der Waals surface area contributed by atoms with Crippen LogP contribution in [0.5, 0.6) is 5.75 Å². The van der Waals surface area contributed by atoms with Gasteiger partial charge in [-0.1, -0.05) is 12.1 Å². The molecule has 0 spiro atoms. The SMILES string of the molecule is Cc1nc(/C=C/C(=O)NCCc2ccc(OC(F)(F)F)cc2)cs1. The monoisotopic (exact) mass is 356 g/mol. The molecule has 1 amide bonds. The van der Waals surface area contributed by atoms with Crippen molar-refractivity contribution < 1.29 is 22.7 Å². The van der Waals surface area contributed by atoms with Gasteiger partial charge in [-0.05, 0) is 37.1 Å². The third kappa shape index (κ3) is 6.41. The van der Waals surface area contributed by atoms with Crippen molar-refractivity contribution >= 4 is 23.3 Å². The molecule has 1 heterocycles. The topological polar surface area (TPSA) is 51.2 Å². The Bertz CT molecular complexity index is 709. The summed E-state index contributed by atoms with van der Waals surface area (Å²) in [7, 11) is 0. The first-order valence-electron chi connectivity index (χ1n) is 7.04. The molecule has 1 N–H and O–H groups in total. The molecular formula is C16H15F3N2O2S. The molecule has 2 rings (SSSR count). The van der Waals surface area contributed by atoms with E-state index in [-0.39, 0.29) is 11.7 Å². The van der Waals surface area contributed by atoms with Crippen LogP contribution in [0.4, 0.5) is 13.2 Å². The lowest BCUT2D eigenvalue weighted by Crippen LogP contribution is -2.23. The zero-order valence-electron chi connectivity index (χ0n) is 12.8. The van der Waals surface area contributed by atoms with Crippen LogP contribution >= 0.6 is 11.3 Å². The van der Waals surface area contributed by atoms with E-state index in [2.05, 4.69) is 15.0 Å². The molecular weight excluding hydrogens is 341 g/mol. The molecule has 0 aliphatic heterocycles. The van der Waals surface area contributed by atoms with Gasteiger partial charge in [0.1, 0.15) is 5.75 Å². The first-order chi connectivity index (χ1) is 11.3. The van der Waals surface area contributed by atoms with E-state index in [1.54, 1.807) is 6.08 Å². The number of hydrogen-bond acceptors (Lipinski definition) is 4. The summed E-state index contributed by atoms with van der Waals surface area (Å²) in [4.78, 5) is 15.9. The highest BCUT2D eigenvalue weighted by atomic mass is 32.1. The van der Waals surface area contributed by atoms with Gasteiger partial charge < -0.3 is 10.1 Å². The third-order valence-corrected chi connectivity index (χ3v) is 3.70. The maximum atomic E-state index is 12.0. The number of hydrogen-bond donors (Lipinski definition) is 1. The van der Waals surface area contributed by atoms with E-state index < -0.39 is 6.36 Å². The summed E-state index contributed by atoms with van der Waals surface area (Å²) in [5.74, 6) is -0.519. The van der Waals surface area contributed by atoms with Gasteiger partial charge in [0, 0.05) is 18.0 Å². The van der Waals surface area contributed by atoms with E-state index in [0.29, 0.717) is 13.0 Å². The van der Waals surface area contributed by atoms with Crippen LogP contribution in [0.15, 0.2) is 35.7 Å². The summed E-state index contributed by atoms with van der Waals surface area (Å²) < 4.78 is 39.9. The summed E-state index contributed by atoms with van der Waals surface area (Å²) >= 11 is 1.50. The van der Waals surface area contributed by atoms with Gasteiger partial charge in [-0.25, -0.2) is 4.98 Å². The number of rotatable bonds is 6. The highest BCUT2D eigenvalue weighted by Gasteiger charge is 2.30. The van der Waals surface area contributed by atoms with Gasteiger partial charge >= 0.3 is 6.36 Å². The Labute approximate surface area is 141 Å². The number of nitrogens with zero attached hydrogens (tertiary/aromatic N) is 1. The van der Waals surface area contributed by atoms with Crippen LogP contribution in [-0.4, -0.2) is 23.8 Å². The summed E-state index contributed by atoms with van der Waals surface area (Å²) in [6.07, 6.45) is -1.17. The minimum atomic E-state index is -4.70. The third-order valence-electron chi connectivity index (χ3n) is 2.91. The number of carbonyl (C=O) groups is 1. The van der Waals surface area contributed by atoms with Crippen molar-refractivity contribution in [3.05, 3.63) is 52.0 Å². The number of ether oxygens (including phenoxy) is 1. The van der Waals surface area contributed by atoms with Crippen molar-refractivity contribution in [3.8, 4) is 5.75 Å². The number of benzene rings is 1. The fourth-order valence-corrected chi connectivity index (χ4v) is 2.45. The van der Waals surface area contributed by atoms with E-state index in [1.165, 1.54) is 41.7 Å². The van der Waals surface area contributed by atoms with Crippen molar-refractivity contribution in [1.29, 1.82) is 0 Å². The van der Waals surface area contributed by atoms with Crippen molar-refractivity contribution in [1.82, 2.24) is 10.3 Å². The molecule has 1 aromatic carbocycles. The number of carbonyl (C=O) groups excluding carboxylic acids is 1. The Morgan fingerprint density at radius 1 is 1.33 bits per heavy atom. The molecule has 0 unspecified atom stereocenters. The van der Waals surface area contributed by atoms with Gasteiger partial charge in [-0.15, -0.1) is 24.5 Å². The van der Waals surface area contributed by atoms with Gasteiger partial charge in [0.2, 0.25) is 5.91 Å². The van der Waals surface area contributed by atoms with Gasteiger partial charge in [0.25, 0.3) is 0 Å². The van der Waals surface area contributed by atoms with Crippen molar-refractivity contribution in [2.24, 2.45) is 0 Å². The number of alkyl halides is 3. The smallest absolute Gasteiger partial charge is 0.406 e. The molecule has 0 atom stereocenters. The number of aryl methyl sites for hydroxylation is 1. The lowest BCUT2D eigenvalue weighted by molar-refractivity contribution is -0.274. The number of amides is 1. The summed E-state index contributed by atoms with van der Waals surface area (Å²) in [5.41, 5.74) is 1.52. The number of thiazole rings is 1. The Morgan fingerprint density at radius 3 is 2.62 bits per heavy atom. The van der Waals surface area contributed by atoms with Crippen LogP contribution in [0.25, 0.3) is 6.08 Å². The standard InChI is InChI=1S/C16H15F3N2O2S/c1-11-21-13(10-24-11)4-7-15(22)20-9-8-12-2-5-14(6-3-12)23-16(17,18)19/h2-7,10H,8-9H2,1H3,(H,20,22)/b7-4+. The van der Waals surface area contributed by atoms with E-state index in [0.717, 1.165) is 16.3 Å². The van der Waals surface area contributed by atoms with Crippen molar-refractivity contribution in [2.75, 3.05) is 6.54 Å². The quantitative estimate of drug-likeness (QED) is 0.803. The van der Waals surface area contributed by atoms with Gasteiger partial charge in [0.15, 0.2) is 0 Å². The molecule has 0 bridgehead atoms. The van der Waals surface area contributed by atoms with Crippen LogP contribution < -0.4 is 10.1 Å². The zero-order valence-corrected chi connectivity index (χ0v) is 13.6. The molecule has 4 nitrogen and oxygen atoms in total. The average molecular weight is 356 g/mol. The van der Waals surface area contributed by atoms with Crippen LogP contribution in [0.1, 0.15) is 16.3 Å². The van der Waals surface area contributed by atoms with E-state index in [9.17, 15) is 18.0 Å². The summed E-state index contributed by atoms with van der Waals surface area (Å²) in [5, 5.41) is 5.47. The Morgan fingerprint density at radius 2 is 2.04 bits per heavy atom. The number of aromatic nitrogens is 1. The minimum Gasteiger partial charge on any atom is -0.406 e. The lowest BCUT2D eigenvalue weighted by Gasteiger charge is -2.09. The summed E-state index contributed by atoms with van der Waals surface area (Å²) in [6.45, 7) is 2.26. The maximum Gasteiger partial charge on any atom is 0.573 e. The van der Waals surface area contributed by atoms with E-state index >= 15 is 0 Å². The van der Waals surface area contributed by atoms with Crippen molar-refractivity contribution in [2.45, 2.75) is 19.7 Å². The molecule has 0 saturated carbocycles. The van der Waals surface area contributed by atoms with E-state index in [4.69, 9.17) is 0 Å². The van der Waals surface area contributed by atoms with Crippen molar-refractivity contribution in [3.63, 3.8) is 0 Å². The Kier molecular flexibility index (Phi) is 5.97. The molecule has 0 aliphatic carbocycles. The summed E-state index contributed by atoms with van der Waals surface area (Å²) in [6, 6.07) is 5.55. The highest BCUT2D eigenvalue weighted by molar-refractivity contribution is 7.09. The molecule has 2 aromatic rings. The average Bonchev–Trinajstić information content (AvgIpc) is 2.91. The zero-order chi connectivity index (χ0) is 17.6. The minimum absolute atomic E-state index is 0.252. The van der Waals surface area contributed by atoms with Crippen LogP contribution in [0.3, 0.4) is 0 Å². The fourth-order valence-electron chi connectivity index (χ4n) is 1.86. The van der Waals surface area contributed by atoms with Gasteiger partial charge in [-0.3, -0.25) is 4.79 Å². The predicted molar refractivity (Wildman–Crippen MR) is 85.7 cm³/mol. The second-order valence-corrected chi connectivity index (χ2v) is 5.92. The van der Waals surface area contributed by atoms with E-state index in [1.807, 2.05) is 12.3 Å². The van der Waals surface area contributed by atoms with Gasteiger partial charge in [-0.2, -0.15) is 0 Å². The normalized spacial score (nSPS) is 11.7. The maximum absolute atomic E-state index is 12.0. The molecule has 0 fully saturated rings. The van der Waals surface area contributed by atoms with Crippen LogP contribution in [-0.2, 0) is 11.2 Å². The molecule has 1 aromatic heterocycles. The number of halogens is 3. The highest BCUT2D eigenvalue weighted by Crippen LogP contribution is 2.22. The number of nitrogens with one attached hydrogen (secondary N) is 1. The second-order valence-electron chi connectivity index (χ2n) is 4.86. The first-order valence-corrected chi connectivity index (χ1v) is 7.92. The molecule has 24 heavy (non-hydrogen) atoms. The van der Waals surface area contributed by atoms with Gasteiger partial charge in [0.05, 0.1) is 10.7 Å². The molecule has 0 aliphatic rings. The van der Waals surface area contributed by atoms with Crippen LogP contribution in [0, 0.1) is 6.92 Å². The van der Waals surface area contributed by atoms with Crippen LogP contribution in [0.2, 0.25) is 0 Å². The molecule has 0 radical (unpaired) electrons. The predicted octanol–water partition coefficient (Wildman–Crippen LogP) is 3.72. The lowest BCUT2D eigenvalue weighted by atomic mass is 10.1. The Balaban J connectivity index is 1.75. The largest absolute Gasteiger partial charge is 0.573 e. The molecule has 128 valence electrons. The Hall–Kier alpha value is -2.35. The molecule has 8 heteroatoms. The second kappa shape index (κ2) is 7.96. The fraction of sp³-hybridized carbons (Fsp3) is 0.250. The first kappa shape index (κ1) is 18.0.